The summed E-state index contributed by atoms with van der Waals surface area (Å²) in [5.41, 5.74) is 1.77. The lowest BCUT2D eigenvalue weighted by Gasteiger charge is -2.35. The van der Waals surface area contributed by atoms with Crippen LogP contribution in [0.3, 0.4) is 0 Å². The Balaban J connectivity index is 2.31. The van der Waals surface area contributed by atoms with Gasteiger partial charge in [-0.1, -0.05) is 11.6 Å². The average molecular weight is 294 g/mol. The number of carbonyl (C=O) groups is 1. The van der Waals surface area contributed by atoms with Crippen molar-refractivity contribution < 1.29 is 23.7 Å². The van der Waals surface area contributed by atoms with Crippen molar-refractivity contribution >= 4 is 5.97 Å². The van der Waals surface area contributed by atoms with E-state index in [0.29, 0.717) is 19.0 Å². The molecule has 0 aromatic heterocycles. The summed E-state index contributed by atoms with van der Waals surface area (Å²) in [5.74, 6) is -0.892. The molecule has 1 aromatic carbocycles. The summed E-state index contributed by atoms with van der Waals surface area (Å²) in [5, 5.41) is 0. The molecule has 0 saturated carbocycles. The lowest BCUT2D eigenvalue weighted by molar-refractivity contribution is -0.265. The van der Waals surface area contributed by atoms with Crippen LogP contribution in [-0.4, -0.2) is 32.4 Å². The first-order chi connectivity index (χ1) is 9.96. The number of carbonyl (C=O) groups excluding carboxylic acids is 1. The lowest BCUT2D eigenvalue weighted by atomic mass is 10.0. The van der Waals surface area contributed by atoms with Crippen molar-refractivity contribution in [3.8, 4) is 5.75 Å². The molecule has 1 unspecified atom stereocenters. The highest BCUT2D eigenvalue weighted by Gasteiger charge is 2.35. The van der Waals surface area contributed by atoms with Crippen molar-refractivity contribution in [2.75, 3.05) is 20.3 Å². The molecule has 0 N–H and O–H groups in total. The summed E-state index contributed by atoms with van der Waals surface area (Å²) in [6, 6.07) is 5.57. The fourth-order valence-corrected chi connectivity index (χ4v) is 2.17. The Hall–Kier alpha value is -1.43. The van der Waals surface area contributed by atoms with Gasteiger partial charge in [0, 0.05) is 7.11 Å². The van der Waals surface area contributed by atoms with Gasteiger partial charge < -0.3 is 18.9 Å². The SMILES string of the molecule is COC(C)C(=O)Oc1ccc(C)cc1C1(C)OCCCO1. The van der Waals surface area contributed by atoms with E-state index in [-0.39, 0.29) is 0 Å². The van der Waals surface area contributed by atoms with Gasteiger partial charge in [-0.3, -0.25) is 0 Å². The van der Waals surface area contributed by atoms with Crippen LogP contribution in [0.4, 0.5) is 0 Å². The van der Waals surface area contributed by atoms with E-state index in [1.165, 1.54) is 7.11 Å². The molecule has 0 amide bonds. The van der Waals surface area contributed by atoms with Gasteiger partial charge in [-0.25, -0.2) is 4.79 Å². The van der Waals surface area contributed by atoms with Crippen LogP contribution in [0, 0.1) is 6.92 Å². The molecule has 1 aliphatic rings. The van der Waals surface area contributed by atoms with E-state index < -0.39 is 17.9 Å². The van der Waals surface area contributed by atoms with Gasteiger partial charge in [0.2, 0.25) is 0 Å². The number of methoxy groups -OCH3 is 1. The van der Waals surface area contributed by atoms with Crippen molar-refractivity contribution in [3.63, 3.8) is 0 Å². The molecule has 1 atom stereocenters. The highest BCUT2D eigenvalue weighted by molar-refractivity contribution is 5.77. The minimum Gasteiger partial charge on any atom is -0.424 e. The highest BCUT2D eigenvalue weighted by atomic mass is 16.7. The summed E-state index contributed by atoms with van der Waals surface area (Å²) in [4.78, 5) is 11.9. The van der Waals surface area contributed by atoms with E-state index in [9.17, 15) is 4.79 Å². The normalized spacial score (nSPS) is 19.0. The van der Waals surface area contributed by atoms with Crippen LogP contribution in [0.1, 0.15) is 31.4 Å². The fraction of sp³-hybridized carbons (Fsp3) is 0.562. The van der Waals surface area contributed by atoms with E-state index in [0.717, 1.165) is 17.5 Å². The van der Waals surface area contributed by atoms with E-state index in [1.54, 1.807) is 13.0 Å². The van der Waals surface area contributed by atoms with Gasteiger partial charge in [-0.05, 0) is 39.3 Å². The van der Waals surface area contributed by atoms with Gasteiger partial charge in [-0.15, -0.1) is 0 Å². The third-order valence-corrected chi connectivity index (χ3v) is 3.56. The van der Waals surface area contributed by atoms with Gasteiger partial charge in [0.15, 0.2) is 11.9 Å². The Morgan fingerprint density at radius 3 is 2.62 bits per heavy atom. The predicted molar refractivity (Wildman–Crippen MR) is 77.2 cm³/mol. The zero-order valence-electron chi connectivity index (χ0n) is 13.0. The second kappa shape index (κ2) is 6.56. The second-order valence-corrected chi connectivity index (χ2v) is 5.29. The van der Waals surface area contributed by atoms with Crippen LogP contribution in [0.5, 0.6) is 5.75 Å². The smallest absolute Gasteiger partial charge is 0.340 e. The quantitative estimate of drug-likeness (QED) is 0.631. The number of esters is 1. The minimum atomic E-state index is -0.893. The minimum absolute atomic E-state index is 0.443. The number of hydrogen-bond donors (Lipinski definition) is 0. The van der Waals surface area contributed by atoms with E-state index in [1.807, 2.05) is 26.0 Å². The van der Waals surface area contributed by atoms with Crippen molar-refractivity contribution in [2.24, 2.45) is 0 Å². The summed E-state index contributed by atoms with van der Waals surface area (Å²) < 4.78 is 22.0. The van der Waals surface area contributed by atoms with E-state index >= 15 is 0 Å². The molecule has 1 heterocycles. The van der Waals surface area contributed by atoms with Crippen LogP contribution in [0.2, 0.25) is 0 Å². The van der Waals surface area contributed by atoms with Crippen LogP contribution in [-0.2, 0) is 24.8 Å². The van der Waals surface area contributed by atoms with Crippen molar-refractivity contribution in [1.29, 1.82) is 0 Å². The highest BCUT2D eigenvalue weighted by Crippen LogP contribution is 2.37. The first-order valence-electron chi connectivity index (χ1n) is 7.10. The summed E-state index contributed by atoms with van der Waals surface area (Å²) in [6.45, 7) is 6.70. The van der Waals surface area contributed by atoms with Crippen molar-refractivity contribution in [2.45, 2.75) is 39.1 Å². The Morgan fingerprint density at radius 1 is 1.33 bits per heavy atom. The number of rotatable bonds is 4. The number of aryl methyl sites for hydroxylation is 1. The molecule has 0 radical (unpaired) electrons. The molecule has 5 nitrogen and oxygen atoms in total. The largest absolute Gasteiger partial charge is 0.424 e. The summed E-state index contributed by atoms with van der Waals surface area (Å²) in [6.07, 6.45) is 0.234. The molecule has 0 bridgehead atoms. The number of benzene rings is 1. The maximum atomic E-state index is 11.9. The summed E-state index contributed by atoms with van der Waals surface area (Å²) >= 11 is 0. The fourth-order valence-electron chi connectivity index (χ4n) is 2.17. The lowest BCUT2D eigenvalue weighted by Crippen LogP contribution is -2.36. The molecule has 1 aromatic rings. The van der Waals surface area contributed by atoms with Gasteiger partial charge in [0.05, 0.1) is 18.8 Å². The molecule has 1 aliphatic heterocycles. The first kappa shape index (κ1) is 15.9. The molecule has 0 aliphatic carbocycles. The first-order valence-corrected chi connectivity index (χ1v) is 7.10. The van der Waals surface area contributed by atoms with Crippen molar-refractivity contribution in [1.82, 2.24) is 0 Å². The molecule has 2 rings (SSSR count). The molecule has 116 valence electrons. The van der Waals surface area contributed by atoms with Crippen LogP contribution in [0.15, 0.2) is 18.2 Å². The molecular formula is C16H22O5. The average Bonchev–Trinajstić information content (AvgIpc) is 2.48. The second-order valence-electron chi connectivity index (χ2n) is 5.29. The third-order valence-electron chi connectivity index (χ3n) is 3.56. The maximum absolute atomic E-state index is 11.9. The van der Waals surface area contributed by atoms with Gasteiger partial charge in [0.25, 0.3) is 0 Å². The van der Waals surface area contributed by atoms with Gasteiger partial charge >= 0.3 is 5.97 Å². The van der Waals surface area contributed by atoms with Crippen LogP contribution >= 0.6 is 0 Å². The topological polar surface area (TPSA) is 54.0 Å². The molecule has 21 heavy (non-hydrogen) atoms. The van der Waals surface area contributed by atoms with Gasteiger partial charge in [0.1, 0.15) is 5.75 Å². The standard InChI is InChI=1S/C16H22O5/c1-11-6-7-14(21-15(17)12(2)18-4)13(10-11)16(3)19-8-5-9-20-16/h6-7,10,12H,5,8-9H2,1-4H3. The summed E-state index contributed by atoms with van der Waals surface area (Å²) in [7, 11) is 1.47. The molecule has 5 heteroatoms. The predicted octanol–water partition coefficient (Wildman–Crippen LogP) is 2.54. The maximum Gasteiger partial charge on any atom is 0.340 e. The Morgan fingerprint density at radius 2 is 2.00 bits per heavy atom. The van der Waals surface area contributed by atoms with E-state index in [4.69, 9.17) is 18.9 Å². The number of hydrogen-bond acceptors (Lipinski definition) is 5. The third kappa shape index (κ3) is 3.61. The number of ether oxygens (including phenoxy) is 4. The molecule has 1 saturated heterocycles. The van der Waals surface area contributed by atoms with Crippen LogP contribution < -0.4 is 4.74 Å². The molecule has 0 spiro atoms. The van der Waals surface area contributed by atoms with Gasteiger partial charge in [-0.2, -0.15) is 0 Å². The Kier molecular flexibility index (Phi) is 4.98. The molecular weight excluding hydrogens is 272 g/mol. The zero-order valence-corrected chi connectivity index (χ0v) is 13.0. The Labute approximate surface area is 125 Å². The molecule has 1 fully saturated rings. The van der Waals surface area contributed by atoms with Crippen molar-refractivity contribution in [3.05, 3.63) is 29.3 Å². The van der Waals surface area contributed by atoms with Crippen LogP contribution in [0.25, 0.3) is 0 Å². The Bertz CT molecular complexity index is 505. The van der Waals surface area contributed by atoms with E-state index in [2.05, 4.69) is 0 Å². The zero-order chi connectivity index (χ0) is 15.5. The monoisotopic (exact) mass is 294 g/mol.